The third kappa shape index (κ3) is 4.28. The predicted octanol–water partition coefficient (Wildman–Crippen LogP) is 3.86. The molecule has 0 N–H and O–H groups in total. The summed E-state index contributed by atoms with van der Waals surface area (Å²) in [5.41, 5.74) is 1.16. The lowest BCUT2D eigenvalue weighted by Crippen LogP contribution is -2.49. The Morgan fingerprint density at radius 1 is 1.28 bits per heavy atom. The first kappa shape index (κ1) is 17.7. The maximum absolute atomic E-state index is 13.9. The fraction of sp³-hybridized carbons (Fsp3) is 0.444. The number of aromatic nitrogens is 1. The molecular formula is C18H22FN3O2S. The van der Waals surface area contributed by atoms with Gasteiger partial charge in [0.15, 0.2) is 5.13 Å². The van der Waals surface area contributed by atoms with E-state index >= 15 is 0 Å². The minimum Gasteiger partial charge on any atom is -0.449 e. The fourth-order valence-corrected chi connectivity index (χ4v) is 3.49. The van der Waals surface area contributed by atoms with Gasteiger partial charge in [0, 0.05) is 37.1 Å². The van der Waals surface area contributed by atoms with E-state index in [0.717, 1.165) is 5.13 Å². The molecule has 3 rings (SSSR count). The van der Waals surface area contributed by atoms with E-state index in [1.54, 1.807) is 23.1 Å². The van der Waals surface area contributed by atoms with Crippen molar-refractivity contribution >= 4 is 22.6 Å². The summed E-state index contributed by atoms with van der Waals surface area (Å²) in [5.74, 6) is 0.0643. The molecule has 2 aromatic rings. The van der Waals surface area contributed by atoms with Crippen LogP contribution in [-0.2, 0) is 4.74 Å². The van der Waals surface area contributed by atoms with E-state index in [4.69, 9.17) is 4.74 Å². The van der Waals surface area contributed by atoms with Gasteiger partial charge >= 0.3 is 6.09 Å². The number of carbonyl (C=O) groups is 1. The van der Waals surface area contributed by atoms with Gasteiger partial charge in [-0.15, -0.1) is 11.3 Å². The highest BCUT2D eigenvalue weighted by Crippen LogP contribution is 2.29. The van der Waals surface area contributed by atoms with Crippen molar-refractivity contribution in [2.24, 2.45) is 5.92 Å². The molecule has 0 atom stereocenters. The van der Waals surface area contributed by atoms with E-state index in [9.17, 15) is 9.18 Å². The first-order valence-electron chi connectivity index (χ1n) is 8.41. The second-order valence-electron chi connectivity index (χ2n) is 6.44. The zero-order valence-corrected chi connectivity index (χ0v) is 15.3. The number of amides is 1. The highest BCUT2D eigenvalue weighted by molar-refractivity contribution is 7.14. The Morgan fingerprint density at radius 2 is 2.00 bits per heavy atom. The Hall–Kier alpha value is -2.15. The van der Waals surface area contributed by atoms with Crippen LogP contribution in [0, 0.1) is 11.7 Å². The number of piperazine rings is 1. The van der Waals surface area contributed by atoms with Gasteiger partial charge < -0.3 is 14.5 Å². The van der Waals surface area contributed by atoms with Crippen molar-refractivity contribution in [3.63, 3.8) is 0 Å². The van der Waals surface area contributed by atoms with Crippen LogP contribution in [0.1, 0.15) is 13.8 Å². The van der Waals surface area contributed by atoms with Crippen molar-refractivity contribution < 1.29 is 13.9 Å². The first-order valence-corrected chi connectivity index (χ1v) is 9.29. The van der Waals surface area contributed by atoms with Crippen LogP contribution < -0.4 is 4.90 Å². The molecule has 134 valence electrons. The standard InChI is InChI=1S/C18H22FN3O2S/c1-13(2)11-24-18(23)22-9-7-21(8-10-22)17-20-16(12-25-17)14-5-3-4-6-15(14)19/h3-6,12-13H,7-11H2,1-2H3. The monoisotopic (exact) mass is 363 g/mol. The van der Waals surface area contributed by atoms with Crippen LogP contribution in [0.4, 0.5) is 14.3 Å². The van der Waals surface area contributed by atoms with E-state index in [1.807, 2.05) is 19.2 Å². The summed E-state index contributed by atoms with van der Waals surface area (Å²) >= 11 is 1.50. The second-order valence-corrected chi connectivity index (χ2v) is 7.28. The highest BCUT2D eigenvalue weighted by atomic mass is 32.1. The molecule has 2 heterocycles. The minimum atomic E-state index is -0.267. The normalized spacial score (nSPS) is 14.9. The van der Waals surface area contributed by atoms with Gasteiger partial charge in [0.05, 0.1) is 12.3 Å². The summed E-state index contributed by atoms with van der Waals surface area (Å²) in [5, 5.41) is 2.73. The number of anilines is 1. The number of hydrogen-bond acceptors (Lipinski definition) is 5. The summed E-state index contributed by atoms with van der Waals surface area (Å²) in [6, 6.07) is 6.65. The maximum atomic E-state index is 13.9. The molecule has 0 saturated carbocycles. The van der Waals surface area contributed by atoms with Gasteiger partial charge in [-0.25, -0.2) is 14.2 Å². The molecular weight excluding hydrogens is 341 g/mol. The van der Waals surface area contributed by atoms with Crippen LogP contribution in [0.2, 0.25) is 0 Å². The lowest BCUT2D eigenvalue weighted by molar-refractivity contribution is 0.0901. The smallest absolute Gasteiger partial charge is 0.409 e. The number of ether oxygens (including phenoxy) is 1. The van der Waals surface area contributed by atoms with Crippen LogP contribution >= 0.6 is 11.3 Å². The summed E-state index contributed by atoms with van der Waals surface area (Å²) in [6.07, 6.45) is -0.250. The second kappa shape index (κ2) is 7.82. The average Bonchev–Trinajstić information content (AvgIpc) is 3.10. The lowest BCUT2D eigenvalue weighted by atomic mass is 10.2. The van der Waals surface area contributed by atoms with Crippen LogP contribution in [0.15, 0.2) is 29.6 Å². The molecule has 0 bridgehead atoms. The molecule has 0 aliphatic carbocycles. The average molecular weight is 363 g/mol. The Kier molecular flexibility index (Phi) is 5.53. The number of benzene rings is 1. The minimum absolute atomic E-state index is 0.250. The molecule has 1 aromatic heterocycles. The Labute approximate surface area is 151 Å². The summed E-state index contributed by atoms with van der Waals surface area (Å²) < 4.78 is 19.2. The SMILES string of the molecule is CC(C)COC(=O)N1CCN(c2nc(-c3ccccc3F)cs2)CC1. The molecule has 1 fully saturated rings. The largest absolute Gasteiger partial charge is 0.449 e. The van der Waals surface area contributed by atoms with Crippen molar-refractivity contribution in [3.05, 3.63) is 35.5 Å². The summed E-state index contributed by atoms with van der Waals surface area (Å²) in [7, 11) is 0. The lowest BCUT2D eigenvalue weighted by Gasteiger charge is -2.34. The zero-order valence-electron chi connectivity index (χ0n) is 14.4. The Bertz CT molecular complexity index is 727. The first-order chi connectivity index (χ1) is 12.0. The van der Waals surface area contributed by atoms with Gasteiger partial charge in [0.1, 0.15) is 5.82 Å². The van der Waals surface area contributed by atoms with Gasteiger partial charge in [0.25, 0.3) is 0 Å². The molecule has 5 nitrogen and oxygen atoms in total. The molecule has 1 amide bonds. The molecule has 1 aromatic carbocycles. The molecule has 1 saturated heterocycles. The number of hydrogen-bond donors (Lipinski definition) is 0. The Morgan fingerprint density at radius 3 is 2.68 bits per heavy atom. The quantitative estimate of drug-likeness (QED) is 0.827. The zero-order chi connectivity index (χ0) is 17.8. The van der Waals surface area contributed by atoms with Crippen molar-refractivity contribution in [2.75, 3.05) is 37.7 Å². The highest BCUT2D eigenvalue weighted by Gasteiger charge is 2.24. The van der Waals surface area contributed by atoms with E-state index in [-0.39, 0.29) is 11.9 Å². The number of carbonyl (C=O) groups excluding carboxylic acids is 1. The molecule has 0 radical (unpaired) electrons. The van der Waals surface area contributed by atoms with Gasteiger partial charge in [-0.2, -0.15) is 0 Å². The summed E-state index contributed by atoms with van der Waals surface area (Å²) in [4.78, 5) is 20.4. The topological polar surface area (TPSA) is 45.7 Å². The number of thiazole rings is 1. The van der Waals surface area contributed by atoms with Crippen LogP contribution in [0.25, 0.3) is 11.3 Å². The Balaban J connectivity index is 1.59. The van der Waals surface area contributed by atoms with E-state index < -0.39 is 0 Å². The van der Waals surface area contributed by atoms with E-state index in [0.29, 0.717) is 50.0 Å². The van der Waals surface area contributed by atoms with Crippen molar-refractivity contribution in [1.82, 2.24) is 9.88 Å². The van der Waals surface area contributed by atoms with Gasteiger partial charge in [-0.1, -0.05) is 26.0 Å². The van der Waals surface area contributed by atoms with Crippen molar-refractivity contribution in [1.29, 1.82) is 0 Å². The molecule has 0 unspecified atom stereocenters. The van der Waals surface area contributed by atoms with Crippen LogP contribution in [0.5, 0.6) is 0 Å². The van der Waals surface area contributed by atoms with E-state index in [1.165, 1.54) is 17.4 Å². The van der Waals surface area contributed by atoms with Gasteiger partial charge in [-0.05, 0) is 18.1 Å². The molecule has 1 aliphatic heterocycles. The van der Waals surface area contributed by atoms with Gasteiger partial charge in [0.2, 0.25) is 0 Å². The molecule has 25 heavy (non-hydrogen) atoms. The van der Waals surface area contributed by atoms with E-state index in [2.05, 4.69) is 9.88 Å². The number of nitrogens with zero attached hydrogens (tertiary/aromatic N) is 3. The number of halogens is 1. The third-order valence-electron chi connectivity index (χ3n) is 3.99. The summed E-state index contributed by atoms with van der Waals surface area (Å²) in [6.45, 7) is 7.07. The van der Waals surface area contributed by atoms with Crippen molar-refractivity contribution in [2.45, 2.75) is 13.8 Å². The van der Waals surface area contributed by atoms with Gasteiger partial charge in [-0.3, -0.25) is 0 Å². The number of rotatable bonds is 4. The van der Waals surface area contributed by atoms with Crippen LogP contribution in [0.3, 0.4) is 0 Å². The molecule has 0 spiro atoms. The fourth-order valence-electron chi connectivity index (χ4n) is 2.61. The van der Waals surface area contributed by atoms with Crippen LogP contribution in [-0.4, -0.2) is 48.8 Å². The molecule has 7 heteroatoms. The third-order valence-corrected chi connectivity index (χ3v) is 4.89. The van der Waals surface area contributed by atoms with Crippen molar-refractivity contribution in [3.8, 4) is 11.3 Å². The predicted molar refractivity (Wildman–Crippen MR) is 97.5 cm³/mol. The maximum Gasteiger partial charge on any atom is 0.409 e. The molecule has 1 aliphatic rings.